The molecule has 0 amide bonds. The predicted octanol–water partition coefficient (Wildman–Crippen LogP) is 1.09. The molecule has 1 aromatic carbocycles. The molecule has 0 saturated carbocycles. The first-order valence-electron chi connectivity index (χ1n) is 3.75. The SMILES string of the molecule is COc1cc(I)ccc1CS(N)(=O)=O. The third-order valence-corrected chi connectivity index (χ3v) is 2.99. The first kappa shape index (κ1) is 11.7. The van der Waals surface area contributed by atoms with Gasteiger partial charge in [0.25, 0.3) is 0 Å². The van der Waals surface area contributed by atoms with E-state index in [1.54, 1.807) is 12.1 Å². The first-order valence-corrected chi connectivity index (χ1v) is 6.54. The van der Waals surface area contributed by atoms with Gasteiger partial charge in [-0.05, 0) is 34.7 Å². The van der Waals surface area contributed by atoms with Gasteiger partial charge in [-0.25, -0.2) is 13.6 Å². The summed E-state index contributed by atoms with van der Waals surface area (Å²) in [6.07, 6.45) is 0. The van der Waals surface area contributed by atoms with Gasteiger partial charge < -0.3 is 4.74 Å². The molecule has 78 valence electrons. The minimum atomic E-state index is -3.51. The van der Waals surface area contributed by atoms with Crippen LogP contribution in [0.25, 0.3) is 0 Å². The van der Waals surface area contributed by atoms with Crippen LogP contribution in [0.4, 0.5) is 0 Å². The van der Waals surface area contributed by atoms with Crippen molar-refractivity contribution in [2.75, 3.05) is 7.11 Å². The molecule has 6 heteroatoms. The summed E-state index contributed by atoms with van der Waals surface area (Å²) in [6.45, 7) is 0. The van der Waals surface area contributed by atoms with Crippen molar-refractivity contribution in [3.63, 3.8) is 0 Å². The minimum Gasteiger partial charge on any atom is -0.496 e. The third kappa shape index (κ3) is 3.43. The maximum Gasteiger partial charge on any atom is 0.213 e. The van der Waals surface area contributed by atoms with E-state index in [1.807, 2.05) is 6.07 Å². The number of nitrogens with two attached hydrogens (primary N) is 1. The van der Waals surface area contributed by atoms with E-state index < -0.39 is 10.0 Å². The highest BCUT2D eigenvalue weighted by molar-refractivity contribution is 14.1. The molecule has 0 heterocycles. The van der Waals surface area contributed by atoms with Gasteiger partial charge in [0, 0.05) is 9.13 Å². The maximum atomic E-state index is 10.9. The first-order chi connectivity index (χ1) is 6.42. The van der Waals surface area contributed by atoms with Crippen molar-refractivity contribution < 1.29 is 13.2 Å². The molecular weight excluding hydrogens is 317 g/mol. The lowest BCUT2D eigenvalue weighted by molar-refractivity contribution is 0.410. The van der Waals surface area contributed by atoms with Crippen LogP contribution >= 0.6 is 22.6 Å². The zero-order valence-electron chi connectivity index (χ0n) is 7.53. The summed E-state index contributed by atoms with van der Waals surface area (Å²) >= 11 is 2.12. The van der Waals surface area contributed by atoms with Gasteiger partial charge in [0.15, 0.2) is 0 Å². The van der Waals surface area contributed by atoms with E-state index in [9.17, 15) is 8.42 Å². The molecule has 1 rings (SSSR count). The van der Waals surface area contributed by atoms with Crippen LogP contribution in [0.1, 0.15) is 5.56 Å². The fourth-order valence-electron chi connectivity index (χ4n) is 1.05. The molecule has 2 N–H and O–H groups in total. The Bertz CT molecular complexity index is 430. The Morgan fingerprint density at radius 1 is 1.50 bits per heavy atom. The Hall–Kier alpha value is -0.340. The minimum absolute atomic E-state index is 0.201. The van der Waals surface area contributed by atoms with E-state index in [0.717, 1.165) is 3.57 Å². The highest BCUT2D eigenvalue weighted by atomic mass is 127. The number of rotatable bonds is 3. The van der Waals surface area contributed by atoms with Crippen molar-refractivity contribution in [3.05, 3.63) is 27.3 Å². The number of methoxy groups -OCH3 is 1. The van der Waals surface area contributed by atoms with Crippen molar-refractivity contribution >= 4 is 32.6 Å². The maximum absolute atomic E-state index is 10.9. The Morgan fingerprint density at radius 2 is 2.14 bits per heavy atom. The third-order valence-electron chi connectivity index (χ3n) is 1.61. The zero-order valence-corrected chi connectivity index (χ0v) is 10.5. The Labute approximate surface area is 96.6 Å². The molecule has 0 saturated heterocycles. The second-order valence-corrected chi connectivity index (χ2v) is 5.62. The van der Waals surface area contributed by atoms with Crippen LogP contribution in [-0.2, 0) is 15.8 Å². The predicted molar refractivity (Wildman–Crippen MR) is 62.5 cm³/mol. The van der Waals surface area contributed by atoms with Crippen LogP contribution in [0.15, 0.2) is 18.2 Å². The summed E-state index contributed by atoms with van der Waals surface area (Å²) in [5.41, 5.74) is 0.579. The van der Waals surface area contributed by atoms with E-state index >= 15 is 0 Å². The molecule has 0 aliphatic carbocycles. The van der Waals surface area contributed by atoms with E-state index in [4.69, 9.17) is 9.88 Å². The zero-order chi connectivity index (χ0) is 10.8. The molecule has 0 spiro atoms. The van der Waals surface area contributed by atoms with Crippen LogP contribution in [-0.4, -0.2) is 15.5 Å². The smallest absolute Gasteiger partial charge is 0.213 e. The lowest BCUT2D eigenvalue weighted by Crippen LogP contribution is -2.15. The van der Waals surface area contributed by atoms with E-state index in [2.05, 4.69) is 22.6 Å². The monoisotopic (exact) mass is 327 g/mol. The van der Waals surface area contributed by atoms with E-state index in [0.29, 0.717) is 11.3 Å². The van der Waals surface area contributed by atoms with Crippen LogP contribution in [0.3, 0.4) is 0 Å². The van der Waals surface area contributed by atoms with Crippen molar-refractivity contribution in [1.29, 1.82) is 0 Å². The largest absolute Gasteiger partial charge is 0.496 e. The van der Waals surface area contributed by atoms with Gasteiger partial charge >= 0.3 is 0 Å². The molecule has 0 bridgehead atoms. The molecule has 0 aliphatic heterocycles. The number of sulfonamides is 1. The number of hydrogen-bond acceptors (Lipinski definition) is 3. The van der Waals surface area contributed by atoms with E-state index in [-0.39, 0.29) is 5.75 Å². The van der Waals surface area contributed by atoms with Gasteiger partial charge in [0.1, 0.15) is 5.75 Å². The van der Waals surface area contributed by atoms with Crippen LogP contribution < -0.4 is 9.88 Å². The molecule has 0 aromatic heterocycles. The molecule has 0 radical (unpaired) electrons. The summed E-state index contributed by atoms with van der Waals surface area (Å²) in [5, 5.41) is 4.94. The lowest BCUT2D eigenvalue weighted by atomic mass is 10.2. The van der Waals surface area contributed by atoms with Gasteiger partial charge in [-0.2, -0.15) is 0 Å². The highest BCUT2D eigenvalue weighted by Crippen LogP contribution is 2.22. The van der Waals surface area contributed by atoms with E-state index in [1.165, 1.54) is 7.11 Å². The second kappa shape index (κ2) is 4.45. The molecule has 0 atom stereocenters. The molecule has 0 fully saturated rings. The number of ether oxygens (including phenoxy) is 1. The van der Waals surface area contributed by atoms with Gasteiger partial charge in [0.2, 0.25) is 10.0 Å². The van der Waals surface area contributed by atoms with Gasteiger partial charge in [0.05, 0.1) is 12.9 Å². The standard InChI is InChI=1S/C8H10INO3S/c1-13-8-4-7(9)3-2-6(8)5-14(10,11)12/h2-4H,5H2,1H3,(H2,10,11,12). The number of primary sulfonamides is 1. The number of halogens is 1. The number of benzene rings is 1. The Balaban J connectivity index is 3.09. The average Bonchev–Trinajstić information content (AvgIpc) is 2.06. The van der Waals surface area contributed by atoms with Gasteiger partial charge in [-0.15, -0.1) is 0 Å². The highest BCUT2D eigenvalue weighted by Gasteiger charge is 2.10. The normalized spacial score (nSPS) is 11.4. The molecule has 0 unspecified atom stereocenters. The molecule has 0 aliphatic rings. The quantitative estimate of drug-likeness (QED) is 0.845. The van der Waals surface area contributed by atoms with Crippen LogP contribution in [0, 0.1) is 3.57 Å². The van der Waals surface area contributed by atoms with Gasteiger partial charge in [-0.1, -0.05) is 6.07 Å². The Kier molecular flexibility index (Phi) is 3.73. The lowest BCUT2D eigenvalue weighted by Gasteiger charge is -2.07. The van der Waals surface area contributed by atoms with Crippen LogP contribution in [0.2, 0.25) is 0 Å². The summed E-state index contributed by atoms with van der Waals surface area (Å²) in [5.74, 6) is 0.346. The summed E-state index contributed by atoms with van der Waals surface area (Å²) in [6, 6.07) is 5.27. The van der Waals surface area contributed by atoms with Crippen molar-refractivity contribution in [3.8, 4) is 5.75 Å². The summed E-state index contributed by atoms with van der Waals surface area (Å²) in [4.78, 5) is 0. The van der Waals surface area contributed by atoms with Crippen molar-refractivity contribution in [2.24, 2.45) is 5.14 Å². The molecule has 1 aromatic rings. The summed E-state index contributed by atoms with van der Waals surface area (Å²) in [7, 11) is -2.01. The molecular formula is C8H10INO3S. The molecule has 4 nitrogen and oxygen atoms in total. The fourth-order valence-corrected chi connectivity index (χ4v) is 2.19. The Morgan fingerprint density at radius 3 is 2.64 bits per heavy atom. The average molecular weight is 327 g/mol. The molecule has 14 heavy (non-hydrogen) atoms. The number of hydrogen-bond donors (Lipinski definition) is 1. The summed E-state index contributed by atoms with van der Waals surface area (Å²) < 4.78 is 27.8. The second-order valence-electron chi connectivity index (χ2n) is 2.76. The van der Waals surface area contributed by atoms with Crippen molar-refractivity contribution in [2.45, 2.75) is 5.75 Å². The van der Waals surface area contributed by atoms with Crippen molar-refractivity contribution in [1.82, 2.24) is 0 Å². The van der Waals surface area contributed by atoms with Gasteiger partial charge in [-0.3, -0.25) is 0 Å². The van der Waals surface area contributed by atoms with Crippen LogP contribution in [0.5, 0.6) is 5.75 Å². The topological polar surface area (TPSA) is 69.4 Å². The fraction of sp³-hybridized carbons (Fsp3) is 0.250.